The van der Waals surface area contributed by atoms with Crippen molar-refractivity contribution in [1.82, 2.24) is 10.2 Å². The molecule has 0 saturated heterocycles. The maximum Gasteiger partial charge on any atom is 0.225 e. The molecule has 138 valence electrons. The highest BCUT2D eigenvalue weighted by atomic mass is 16.5. The summed E-state index contributed by atoms with van der Waals surface area (Å²) >= 11 is 0. The number of hydrogen-bond donors (Lipinski definition) is 1. The lowest BCUT2D eigenvalue weighted by Gasteiger charge is -2.30. The van der Waals surface area contributed by atoms with Crippen LogP contribution in [0.4, 0.5) is 0 Å². The van der Waals surface area contributed by atoms with Crippen LogP contribution >= 0.6 is 0 Å². The van der Waals surface area contributed by atoms with Crippen molar-refractivity contribution >= 4 is 11.8 Å². The third-order valence-corrected chi connectivity index (χ3v) is 5.17. The van der Waals surface area contributed by atoms with Crippen LogP contribution in [0.25, 0.3) is 0 Å². The van der Waals surface area contributed by atoms with Gasteiger partial charge in [-0.2, -0.15) is 0 Å². The predicted molar refractivity (Wildman–Crippen MR) is 98.2 cm³/mol. The summed E-state index contributed by atoms with van der Waals surface area (Å²) in [6.07, 6.45) is 3.19. The molecule has 0 spiro atoms. The molecule has 1 saturated carbocycles. The van der Waals surface area contributed by atoms with Crippen molar-refractivity contribution in [2.75, 3.05) is 20.2 Å². The number of nitrogens with zero attached hydrogens (tertiary/aromatic N) is 1. The van der Waals surface area contributed by atoms with Gasteiger partial charge in [-0.15, -0.1) is 0 Å². The summed E-state index contributed by atoms with van der Waals surface area (Å²) in [5, 5.41) is 3.02. The summed E-state index contributed by atoms with van der Waals surface area (Å²) < 4.78 is 5.31. The maximum atomic E-state index is 12.4. The van der Waals surface area contributed by atoms with Gasteiger partial charge < -0.3 is 15.0 Å². The van der Waals surface area contributed by atoms with Crippen LogP contribution in [0.2, 0.25) is 0 Å². The fourth-order valence-electron chi connectivity index (χ4n) is 3.57. The molecule has 5 nitrogen and oxygen atoms in total. The van der Waals surface area contributed by atoms with Crippen molar-refractivity contribution in [3.8, 4) is 5.75 Å². The van der Waals surface area contributed by atoms with Gasteiger partial charge in [0, 0.05) is 37.0 Å². The van der Waals surface area contributed by atoms with Crippen LogP contribution in [0.3, 0.4) is 0 Å². The van der Waals surface area contributed by atoms with Crippen molar-refractivity contribution < 1.29 is 14.3 Å². The Morgan fingerprint density at radius 3 is 2.28 bits per heavy atom. The van der Waals surface area contributed by atoms with Gasteiger partial charge in [0.05, 0.1) is 7.11 Å². The van der Waals surface area contributed by atoms with Crippen LogP contribution in [0.1, 0.15) is 45.1 Å². The average Bonchev–Trinajstić information content (AvgIpc) is 2.67. The molecule has 0 unspecified atom stereocenters. The molecule has 0 heterocycles. The fraction of sp³-hybridized carbons (Fsp3) is 0.600. The molecule has 2 amide bonds. The van der Waals surface area contributed by atoms with Crippen molar-refractivity contribution in [3.05, 3.63) is 29.8 Å². The van der Waals surface area contributed by atoms with E-state index in [1.54, 1.807) is 7.11 Å². The number of ether oxygens (including phenoxy) is 1. The van der Waals surface area contributed by atoms with E-state index in [9.17, 15) is 9.59 Å². The first-order chi connectivity index (χ1) is 12.1. The van der Waals surface area contributed by atoms with E-state index in [0.717, 1.165) is 50.1 Å². The van der Waals surface area contributed by atoms with Gasteiger partial charge in [-0.3, -0.25) is 9.59 Å². The molecule has 1 fully saturated rings. The van der Waals surface area contributed by atoms with Crippen LogP contribution in [0.15, 0.2) is 24.3 Å². The second-order valence-corrected chi connectivity index (χ2v) is 6.59. The fourth-order valence-corrected chi connectivity index (χ4v) is 3.57. The zero-order valence-corrected chi connectivity index (χ0v) is 15.6. The number of amides is 2. The van der Waals surface area contributed by atoms with Crippen LogP contribution in [0.5, 0.6) is 5.75 Å². The topological polar surface area (TPSA) is 58.6 Å². The van der Waals surface area contributed by atoms with E-state index in [2.05, 4.69) is 5.32 Å². The normalized spacial score (nSPS) is 20.0. The molecule has 0 aliphatic heterocycles. The lowest BCUT2D eigenvalue weighted by molar-refractivity contribution is -0.138. The smallest absolute Gasteiger partial charge is 0.225 e. The van der Waals surface area contributed by atoms with Crippen molar-refractivity contribution in [1.29, 1.82) is 0 Å². The van der Waals surface area contributed by atoms with Gasteiger partial charge in [0.1, 0.15) is 5.75 Å². The van der Waals surface area contributed by atoms with Gasteiger partial charge in [0.2, 0.25) is 11.8 Å². The minimum Gasteiger partial charge on any atom is -0.496 e. The van der Waals surface area contributed by atoms with E-state index in [-0.39, 0.29) is 23.7 Å². The number of hydrogen-bond acceptors (Lipinski definition) is 3. The third kappa shape index (κ3) is 4.97. The molecule has 1 aliphatic rings. The van der Waals surface area contributed by atoms with E-state index in [0.29, 0.717) is 6.54 Å². The SMILES string of the molecule is CCN(CC)C(=O)C1CCC(C(=O)NCc2ccccc2OC)CC1. The van der Waals surface area contributed by atoms with Crippen LogP contribution < -0.4 is 10.1 Å². The van der Waals surface area contributed by atoms with Crippen molar-refractivity contribution in [3.63, 3.8) is 0 Å². The van der Waals surface area contributed by atoms with Crippen molar-refractivity contribution in [2.45, 2.75) is 46.1 Å². The zero-order chi connectivity index (χ0) is 18.2. The molecule has 25 heavy (non-hydrogen) atoms. The van der Waals surface area contributed by atoms with Crippen LogP contribution in [-0.4, -0.2) is 36.9 Å². The number of carbonyl (C=O) groups excluding carboxylic acids is 2. The lowest BCUT2D eigenvalue weighted by atomic mass is 9.81. The Kier molecular flexibility index (Phi) is 7.29. The first-order valence-corrected chi connectivity index (χ1v) is 9.29. The number of rotatable bonds is 7. The highest BCUT2D eigenvalue weighted by Crippen LogP contribution is 2.30. The van der Waals surface area contributed by atoms with Gasteiger partial charge in [0.25, 0.3) is 0 Å². The number of benzene rings is 1. The van der Waals surface area contributed by atoms with E-state index in [4.69, 9.17) is 4.74 Å². The first-order valence-electron chi connectivity index (χ1n) is 9.29. The molecule has 1 aromatic carbocycles. The Hall–Kier alpha value is -2.04. The van der Waals surface area contributed by atoms with E-state index in [1.165, 1.54) is 0 Å². The van der Waals surface area contributed by atoms with Crippen LogP contribution in [-0.2, 0) is 16.1 Å². The monoisotopic (exact) mass is 346 g/mol. The van der Waals surface area contributed by atoms with Gasteiger partial charge in [0.15, 0.2) is 0 Å². The maximum absolute atomic E-state index is 12.4. The average molecular weight is 346 g/mol. The Labute approximate surface area is 150 Å². The van der Waals surface area contributed by atoms with E-state index in [1.807, 2.05) is 43.0 Å². The molecule has 0 radical (unpaired) electrons. The number of methoxy groups -OCH3 is 1. The van der Waals surface area contributed by atoms with Gasteiger partial charge in [-0.25, -0.2) is 0 Å². The van der Waals surface area contributed by atoms with Crippen molar-refractivity contribution in [2.24, 2.45) is 11.8 Å². The largest absolute Gasteiger partial charge is 0.496 e. The van der Waals surface area contributed by atoms with E-state index < -0.39 is 0 Å². The molecular weight excluding hydrogens is 316 g/mol. The Morgan fingerprint density at radius 2 is 1.68 bits per heavy atom. The Morgan fingerprint density at radius 1 is 1.08 bits per heavy atom. The third-order valence-electron chi connectivity index (χ3n) is 5.17. The molecule has 0 aromatic heterocycles. The quantitative estimate of drug-likeness (QED) is 0.826. The summed E-state index contributed by atoms with van der Waals surface area (Å²) in [6.45, 7) is 6.02. The summed E-state index contributed by atoms with van der Waals surface area (Å²) in [6, 6.07) is 7.71. The highest BCUT2D eigenvalue weighted by molar-refractivity contribution is 5.81. The summed E-state index contributed by atoms with van der Waals surface area (Å²) in [5.74, 6) is 1.21. The zero-order valence-electron chi connectivity index (χ0n) is 15.6. The molecular formula is C20H30N2O3. The van der Waals surface area contributed by atoms with Gasteiger partial charge in [-0.1, -0.05) is 18.2 Å². The van der Waals surface area contributed by atoms with Gasteiger partial charge in [-0.05, 0) is 45.6 Å². The molecule has 1 aliphatic carbocycles. The number of carbonyl (C=O) groups is 2. The second kappa shape index (κ2) is 9.44. The Balaban J connectivity index is 1.82. The number of nitrogens with one attached hydrogen (secondary N) is 1. The summed E-state index contributed by atoms with van der Waals surface area (Å²) in [4.78, 5) is 26.8. The highest BCUT2D eigenvalue weighted by Gasteiger charge is 2.31. The summed E-state index contributed by atoms with van der Waals surface area (Å²) in [5.41, 5.74) is 0.976. The molecule has 0 bridgehead atoms. The lowest BCUT2D eigenvalue weighted by Crippen LogP contribution is -2.39. The van der Waals surface area contributed by atoms with Crippen LogP contribution in [0, 0.1) is 11.8 Å². The molecule has 1 aromatic rings. The summed E-state index contributed by atoms with van der Waals surface area (Å²) in [7, 11) is 1.63. The minimum atomic E-state index is 0.00969. The molecule has 0 atom stereocenters. The van der Waals surface area contributed by atoms with Gasteiger partial charge >= 0.3 is 0 Å². The number of para-hydroxylation sites is 1. The minimum absolute atomic E-state index is 0.00969. The standard InChI is InChI=1S/C20H30N2O3/c1-4-22(5-2)20(24)16-12-10-15(11-13-16)19(23)21-14-17-8-6-7-9-18(17)25-3/h6-9,15-16H,4-5,10-14H2,1-3H3,(H,21,23). The molecule has 1 N–H and O–H groups in total. The second-order valence-electron chi connectivity index (χ2n) is 6.59. The van der Waals surface area contributed by atoms with E-state index >= 15 is 0 Å². The molecule has 2 rings (SSSR count). The first kappa shape index (κ1) is 19.3. The molecule has 5 heteroatoms. The predicted octanol–water partition coefficient (Wildman–Crippen LogP) is 2.99. The Bertz CT molecular complexity index is 576.